The van der Waals surface area contributed by atoms with E-state index in [0.717, 1.165) is 17.0 Å². The number of benzene rings is 1. The molecule has 2 rings (SSSR count). The van der Waals surface area contributed by atoms with Gasteiger partial charge in [0, 0.05) is 16.3 Å². The van der Waals surface area contributed by atoms with Gasteiger partial charge >= 0.3 is 0 Å². The van der Waals surface area contributed by atoms with Gasteiger partial charge in [-0.25, -0.2) is 0 Å². The first-order chi connectivity index (χ1) is 7.68. The van der Waals surface area contributed by atoms with Gasteiger partial charge in [0.2, 0.25) is 0 Å². The zero-order valence-electron chi connectivity index (χ0n) is 9.68. The van der Waals surface area contributed by atoms with Crippen LogP contribution in [0.2, 0.25) is 5.02 Å². The SMILES string of the molecule is Cc1ccc(C2CCCCCC2Cl)cc1Cl. The summed E-state index contributed by atoms with van der Waals surface area (Å²) in [6, 6.07) is 6.39. The summed E-state index contributed by atoms with van der Waals surface area (Å²) < 4.78 is 0. The fourth-order valence-electron chi connectivity index (χ4n) is 2.48. The molecule has 2 unspecified atom stereocenters. The van der Waals surface area contributed by atoms with Gasteiger partial charge in [-0.2, -0.15) is 0 Å². The highest BCUT2D eigenvalue weighted by Gasteiger charge is 2.23. The highest BCUT2D eigenvalue weighted by atomic mass is 35.5. The second kappa shape index (κ2) is 5.42. The molecule has 0 nitrogen and oxygen atoms in total. The maximum atomic E-state index is 6.47. The molecule has 1 aromatic rings. The van der Waals surface area contributed by atoms with Crippen molar-refractivity contribution in [3.05, 3.63) is 34.3 Å². The first kappa shape index (κ1) is 12.3. The third-order valence-electron chi connectivity index (χ3n) is 3.56. The molecule has 2 atom stereocenters. The third kappa shape index (κ3) is 2.73. The number of hydrogen-bond donors (Lipinski definition) is 0. The zero-order chi connectivity index (χ0) is 11.5. The van der Waals surface area contributed by atoms with Crippen molar-refractivity contribution in [2.75, 3.05) is 0 Å². The van der Waals surface area contributed by atoms with Crippen LogP contribution in [0.25, 0.3) is 0 Å². The molecule has 0 N–H and O–H groups in total. The second-order valence-corrected chi connectivity index (χ2v) is 5.74. The van der Waals surface area contributed by atoms with Crippen molar-refractivity contribution in [1.82, 2.24) is 0 Å². The fourth-order valence-corrected chi connectivity index (χ4v) is 3.09. The van der Waals surface area contributed by atoms with Crippen molar-refractivity contribution in [2.45, 2.75) is 50.3 Å². The van der Waals surface area contributed by atoms with Gasteiger partial charge < -0.3 is 0 Å². The predicted molar refractivity (Wildman–Crippen MR) is 71.7 cm³/mol. The average Bonchev–Trinajstić information content (AvgIpc) is 2.47. The van der Waals surface area contributed by atoms with E-state index in [9.17, 15) is 0 Å². The zero-order valence-corrected chi connectivity index (χ0v) is 11.2. The minimum atomic E-state index is 0.279. The quantitative estimate of drug-likeness (QED) is 0.472. The van der Waals surface area contributed by atoms with Gasteiger partial charge in [0.15, 0.2) is 0 Å². The summed E-state index contributed by atoms with van der Waals surface area (Å²) in [5.74, 6) is 0.488. The maximum absolute atomic E-state index is 6.47. The van der Waals surface area contributed by atoms with E-state index in [0.29, 0.717) is 5.92 Å². The average molecular weight is 257 g/mol. The molecule has 1 aliphatic carbocycles. The third-order valence-corrected chi connectivity index (χ3v) is 4.49. The smallest absolute Gasteiger partial charge is 0.0438 e. The van der Waals surface area contributed by atoms with E-state index < -0.39 is 0 Å². The topological polar surface area (TPSA) is 0 Å². The molecule has 0 amide bonds. The molecular formula is C14H18Cl2. The van der Waals surface area contributed by atoms with Crippen molar-refractivity contribution in [3.63, 3.8) is 0 Å². The Morgan fingerprint density at radius 1 is 1.12 bits per heavy atom. The van der Waals surface area contributed by atoms with Crippen molar-refractivity contribution in [1.29, 1.82) is 0 Å². The van der Waals surface area contributed by atoms with Crippen LogP contribution in [0.3, 0.4) is 0 Å². The standard InChI is InChI=1S/C14H18Cl2/c1-10-7-8-11(9-14(10)16)12-5-3-2-4-6-13(12)15/h7-9,12-13H,2-6H2,1H3. The van der Waals surface area contributed by atoms with Gasteiger partial charge in [0.1, 0.15) is 0 Å². The minimum Gasteiger partial charge on any atom is -0.122 e. The first-order valence-corrected chi connectivity index (χ1v) is 6.90. The number of rotatable bonds is 1. The summed E-state index contributed by atoms with van der Waals surface area (Å²) in [6.45, 7) is 2.04. The van der Waals surface area contributed by atoms with Crippen LogP contribution in [0.15, 0.2) is 18.2 Å². The van der Waals surface area contributed by atoms with Crippen molar-refractivity contribution in [2.24, 2.45) is 0 Å². The Balaban J connectivity index is 2.23. The molecule has 0 spiro atoms. The summed E-state index contributed by atoms with van der Waals surface area (Å²) in [7, 11) is 0. The van der Waals surface area contributed by atoms with Gasteiger partial charge in [-0.05, 0) is 37.0 Å². The normalized spacial score (nSPS) is 26.4. The van der Waals surface area contributed by atoms with E-state index in [1.165, 1.54) is 31.2 Å². The molecule has 0 aromatic heterocycles. The van der Waals surface area contributed by atoms with E-state index in [2.05, 4.69) is 18.2 Å². The van der Waals surface area contributed by atoms with Crippen LogP contribution in [0.5, 0.6) is 0 Å². The van der Waals surface area contributed by atoms with Crippen LogP contribution in [-0.4, -0.2) is 5.38 Å². The molecule has 0 bridgehead atoms. The molecule has 1 saturated carbocycles. The molecule has 1 aliphatic rings. The maximum Gasteiger partial charge on any atom is 0.0438 e. The summed E-state index contributed by atoms with van der Waals surface area (Å²) in [5.41, 5.74) is 2.46. The highest BCUT2D eigenvalue weighted by molar-refractivity contribution is 6.31. The van der Waals surface area contributed by atoms with Crippen molar-refractivity contribution >= 4 is 23.2 Å². The van der Waals surface area contributed by atoms with Crippen LogP contribution in [-0.2, 0) is 0 Å². The highest BCUT2D eigenvalue weighted by Crippen LogP contribution is 2.36. The van der Waals surface area contributed by atoms with Crippen LogP contribution >= 0.6 is 23.2 Å². The molecule has 0 saturated heterocycles. The lowest BCUT2D eigenvalue weighted by molar-refractivity contribution is 0.600. The molecular weight excluding hydrogens is 239 g/mol. The predicted octanol–water partition coefficient (Wildman–Crippen LogP) is 5.30. The number of hydrogen-bond acceptors (Lipinski definition) is 0. The summed E-state index contributed by atoms with van der Waals surface area (Å²) in [5, 5.41) is 1.15. The molecule has 88 valence electrons. The summed E-state index contributed by atoms with van der Waals surface area (Å²) in [4.78, 5) is 0. The van der Waals surface area contributed by atoms with Gasteiger partial charge in [-0.3, -0.25) is 0 Å². The van der Waals surface area contributed by atoms with E-state index in [4.69, 9.17) is 23.2 Å². The lowest BCUT2D eigenvalue weighted by atomic mass is 9.91. The molecule has 16 heavy (non-hydrogen) atoms. The van der Waals surface area contributed by atoms with Crippen LogP contribution in [0.4, 0.5) is 0 Å². The molecule has 1 fully saturated rings. The van der Waals surface area contributed by atoms with Crippen LogP contribution in [0.1, 0.15) is 49.1 Å². The Morgan fingerprint density at radius 3 is 2.62 bits per heavy atom. The van der Waals surface area contributed by atoms with E-state index >= 15 is 0 Å². The van der Waals surface area contributed by atoms with Crippen molar-refractivity contribution < 1.29 is 0 Å². The minimum absolute atomic E-state index is 0.279. The summed E-state index contributed by atoms with van der Waals surface area (Å²) >= 11 is 12.6. The van der Waals surface area contributed by atoms with Gasteiger partial charge in [-0.15, -0.1) is 11.6 Å². The molecule has 0 heterocycles. The second-order valence-electron chi connectivity index (χ2n) is 4.77. The lowest BCUT2D eigenvalue weighted by Crippen LogP contribution is -2.11. The summed E-state index contributed by atoms with van der Waals surface area (Å²) in [6.07, 6.45) is 6.22. The van der Waals surface area contributed by atoms with Crippen molar-refractivity contribution in [3.8, 4) is 0 Å². The monoisotopic (exact) mass is 256 g/mol. The Kier molecular flexibility index (Phi) is 4.16. The van der Waals surface area contributed by atoms with Gasteiger partial charge in [0.05, 0.1) is 0 Å². The Labute approximate surface area is 108 Å². The van der Waals surface area contributed by atoms with E-state index in [-0.39, 0.29) is 5.38 Å². The molecule has 1 aromatic carbocycles. The largest absolute Gasteiger partial charge is 0.122 e. The molecule has 0 aliphatic heterocycles. The molecule has 0 radical (unpaired) electrons. The Bertz CT molecular complexity index is 360. The van der Waals surface area contributed by atoms with E-state index in [1.54, 1.807) is 0 Å². The number of halogens is 2. The number of aryl methyl sites for hydroxylation is 1. The van der Waals surface area contributed by atoms with E-state index in [1.807, 2.05) is 6.92 Å². The Hall–Kier alpha value is -0.200. The van der Waals surface area contributed by atoms with Gasteiger partial charge in [-0.1, -0.05) is 43.0 Å². The molecule has 2 heteroatoms. The van der Waals surface area contributed by atoms with Crippen LogP contribution < -0.4 is 0 Å². The number of alkyl halides is 1. The van der Waals surface area contributed by atoms with Gasteiger partial charge in [0.25, 0.3) is 0 Å². The fraction of sp³-hybridized carbons (Fsp3) is 0.571. The Morgan fingerprint density at radius 2 is 1.88 bits per heavy atom. The first-order valence-electron chi connectivity index (χ1n) is 6.08. The van der Waals surface area contributed by atoms with Crippen LogP contribution in [0, 0.1) is 6.92 Å². The lowest BCUT2D eigenvalue weighted by Gasteiger charge is -2.20.